The fourth-order valence-corrected chi connectivity index (χ4v) is 3.20. The number of hydrogen-bond donors (Lipinski definition) is 1. The van der Waals surface area contributed by atoms with E-state index in [0.717, 1.165) is 5.92 Å². The van der Waals surface area contributed by atoms with E-state index < -0.39 is 0 Å². The molecule has 0 unspecified atom stereocenters. The lowest BCUT2D eigenvalue weighted by molar-refractivity contribution is 0.0781. The Morgan fingerprint density at radius 2 is 1.50 bits per heavy atom. The summed E-state index contributed by atoms with van der Waals surface area (Å²) in [5, 5.41) is 3.74. The number of hydrogen-bond acceptors (Lipinski definition) is 1. The van der Waals surface area contributed by atoms with Gasteiger partial charge in [-0.2, -0.15) is 0 Å². The van der Waals surface area contributed by atoms with Gasteiger partial charge in [-0.25, -0.2) is 0 Å². The molecule has 1 heteroatoms. The highest BCUT2D eigenvalue weighted by Crippen LogP contribution is 2.46. The highest BCUT2D eigenvalue weighted by molar-refractivity contribution is 4.91. The Balaban J connectivity index is 2.55. The maximum absolute atomic E-state index is 3.74. The van der Waals surface area contributed by atoms with Gasteiger partial charge in [0.1, 0.15) is 0 Å². The van der Waals surface area contributed by atoms with Crippen LogP contribution >= 0.6 is 0 Å². The molecule has 0 saturated heterocycles. The summed E-state index contributed by atoms with van der Waals surface area (Å²) in [5.41, 5.74) is 1.31. The first-order chi connectivity index (χ1) is 8.08. The van der Waals surface area contributed by atoms with Gasteiger partial charge in [-0.05, 0) is 69.6 Å². The molecule has 1 fully saturated rings. The van der Waals surface area contributed by atoms with Crippen molar-refractivity contribution in [3.63, 3.8) is 0 Å². The lowest BCUT2D eigenvalue weighted by Gasteiger charge is -2.45. The highest BCUT2D eigenvalue weighted by atomic mass is 15.0. The molecule has 1 saturated carbocycles. The smallest absolute Gasteiger partial charge is 0.00967 e. The molecule has 18 heavy (non-hydrogen) atoms. The first-order valence-corrected chi connectivity index (χ1v) is 7.83. The van der Waals surface area contributed by atoms with Crippen molar-refractivity contribution in [3.8, 4) is 0 Å². The SMILES string of the molecule is CCC1(CNC(C)(C)C)CCC(C(C)(C)C)CC1. The molecule has 0 amide bonds. The number of nitrogens with one attached hydrogen (secondary N) is 1. The minimum absolute atomic E-state index is 0.253. The topological polar surface area (TPSA) is 12.0 Å². The van der Waals surface area contributed by atoms with Crippen molar-refractivity contribution in [2.75, 3.05) is 6.54 Å². The third kappa shape index (κ3) is 4.57. The van der Waals surface area contributed by atoms with Crippen LogP contribution in [0.1, 0.15) is 80.6 Å². The third-order valence-electron chi connectivity index (χ3n) is 5.01. The van der Waals surface area contributed by atoms with E-state index in [2.05, 4.69) is 53.8 Å². The van der Waals surface area contributed by atoms with Crippen LogP contribution in [0.15, 0.2) is 0 Å². The van der Waals surface area contributed by atoms with E-state index >= 15 is 0 Å². The van der Waals surface area contributed by atoms with Gasteiger partial charge < -0.3 is 5.32 Å². The zero-order valence-corrected chi connectivity index (χ0v) is 13.8. The van der Waals surface area contributed by atoms with E-state index in [1.807, 2.05) is 0 Å². The monoisotopic (exact) mass is 253 g/mol. The molecule has 0 radical (unpaired) electrons. The van der Waals surface area contributed by atoms with E-state index in [9.17, 15) is 0 Å². The van der Waals surface area contributed by atoms with Gasteiger partial charge in [0.2, 0.25) is 0 Å². The van der Waals surface area contributed by atoms with Gasteiger partial charge in [0, 0.05) is 12.1 Å². The molecule has 1 N–H and O–H groups in total. The van der Waals surface area contributed by atoms with E-state index in [1.54, 1.807) is 0 Å². The molecule has 1 rings (SSSR count). The molecule has 1 nitrogen and oxygen atoms in total. The van der Waals surface area contributed by atoms with Gasteiger partial charge >= 0.3 is 0 Å². The van der Waals surface area contributed by atoms with Crippen LogP contribution in [0.2, 0.25) is 0 Å². The minimum Gasteiger partial charge on any atom is -0.312 e. The van der Waals surface area contributed by atoms with Gasteiger partial charge in [-0.15, -0.1) is 0 Å². The van der Waals surface area contributed by atoms with Gasteiger partial charge in [-0.1, -0.05) is 27.7 Å². The van der Waals surface area contributed by atoms with Crippen LogP contribution in [-0.2, 0) is 0 Å². The van der Waals surface area contributed by atoms with Gasteiger partial charge in [0.05, 0.1) is 0 Å². The number of rotatable bonds is 3. The average Bonchev–Trinajstić information content (AvgIpc) is 2.25. The van der Waals surface area contributed by atoms with E-state index in [4.69, 9.17) is 0 Å². The van der Waals surface area contributed by atoms with Crippen LogP contribution < -0.4 is 5.32 Å². The molecule has 0 aromatic carbocycles. The minimum atomic E-state index is 0.253. The highest BCUT2D eigenvalue weighted by Gasteiger charge is 2.37. The Hall–Kier alpha value is -0.0400. The molecule has 0 bridgehead atoms. The second-order valence-corrected chi connectivity index (χ2v) is 8.60. The first kappa shape index (κ1) is 16.0. The lowest BCUT2D eigenvalue weighted by Crippen LogP contribution is -2.45. The van der Waals surface area contributed by atoms with Crippen molar-refractivity contribution in [2.45, 2.75) is 86.1 Å². The van der Waals surface area contributed by atoms with Crippen LogP contribution in [0.25, 0.3) is 0 Å². The molecule has 0 heterocycles. The normalized spacial score (nSPS) is 30.5. The largest absolute Gasteiger partial charge is 0.312 e. The van der Waals surface area contributed by atoms with E-state index in [-0.39, 0.29) is 5.54 Å². The summed E-state index contributed by atoms with van der Waals surface area (Å²) in [6.45, 7) is 17.6. The quantitative estimate of drug-likeness (QED) is 0.745. The molecule has 1 aliphatic carbocycles. The summed E-state index contributed by atoms with van der Waals surface area (Å²) >= 11 is 0. The van der Waals surface area contributed by atoms with Gasteiger partial charge in [0.15, 0.2) is 0 Å². The van der Waals surface area contributed by atoms with Crippen molar-refractivity contribution in [3.05, 3.63) is 0 Å². The molecular weight excluding hydrogens is 218 g/mol. The second kappa shape index (κ2) is 5.53. The van der Waals surface area contributed by atoms with E-state index in [1.165, 1.54) is 38.6 Å². The van der Waals surface area contributed by atoms with E-state index in [0.29, 0.717) is 10.8 Å². The van der Waals surface area contributed by atoms with Crippen molar-refractivity contribution in [2.24, 2.45) is 16.7 Å². The van der Waals surface area contributed by atoms with Crippen molar-refractivity contribution >= 4 is 0 Å². The van der Waals surface area contributed by atoms with Crippen LogP contribution in [0.5, 0.6) is 0 Å². The van der Waals surface area contributed by atoms with Gasteiger partial charge in [0.25, 0.3) is 0 Å². The van der Waals surface area contributed by atoms with Gasteiger partial charge in [-0.3, -0.25) is 0 Å². The fourth-order valence-electron chi connectivity index (χ4n) is 3.20. The molecular formula is C17H35N. The summed E-state index contributed by atoms with van der Waals surface area (Å²) in [6.07, 6.45) is 6.99. The Morgan fingerprint density at radius 3 is 1.83 bits per heavy atom. The first-order valence-electron chi connectivity index (χ1n) is 7.83. The summed E-state index contributed by atoms with van der Waals surface area (Å²) < 4.78 is 0. The van der Waals surface area contributed by atoms with Crippen LogP contribution in [0.3, 0.4) is 0 Å². The average molecular weight is 253 g/mol. The van der Waals surface area contributed by atoms with Crippen LogP contribution in [0.4, 0.5) is 0 Å². The Kier molecular flexibility index (Phi) is 4.92. The molecule has 0 spiro atoms. The summed E-state index contributed by atoms with van der Waals surface area (Å²) in [6, 6.07) is 0. The fraction of sp³-hybridized carbons (Fsp3) is 1.00. The Bertz CT molecular complexity index is 246. The predicted octanol–water partition coefficient (Wildman–Crippen LogP) is 5.01. The standard InChI is InChI=1S/C17H35N/c1-8-17(13-18-16(5,6)7)11-9-14(10-12-17)15(2,3)4/h14,18H,8-13H2,1-7H3. The Labute approximate surface area is 115 Å². The van der Waals surface area contributed by atoms with Crippen molar-refractivity contribution < 1.29 is 0 Å². The third-order valence-corrected chi connectivity index (χ3v) is 5.01. The summed E-state index contributed by atoms with van der Waals surface area (Å²) in [4.78, 5) is 0. The molecule has 1 aliphatic rings. The maximum atomic E-state index is 3.74. The molecule has 0 aromatic rings. The maximum Gasteiger partial charge on any atom is 0.00967 e. The molecule has 0 aliphatic heterocycles. The van der Waals surface area contributed by atoms with Crippen molar-refractivity contribution in [1.82, 2.24) is 5.32 Å². The zero-order valence-electron chi connectivity index (χ0n) is 13.8. The van der Waals surface area contributed by atoms with Crippen LogP contribution in [0, 0.1) is 16.7 Å². The molecule has 0 aromatic heterocycles. The molecule has 0 atom stereocenters. The zero-order chi connectivity index (χ0) is 14.0. The summed E-state index contributed by atoms with van der Waals surface area (Å²) in [5.74, 6) is 0.923. The molecule has 108 valence electrons. The summed E-state index contributed by atoms with van der Waals surface area (Å²) in [7, 11) is 0. The Morgan fingerprint density at radius 1 is 1.00 bits per heavy atom. The lowest BCUT2D eigenvalue weighted by atomic mass is 9.63. The van der Waals surface area contributed by atoms with Crippen molar-refractivity contribution in [1.29, 1.82) is 0 Å². The predicted molar refractivity (Wildman–Crippen MR) is 81.9 cm³/mol. The van der Waals surface area contributed by atoms with Crippen LogP contribution in [-0.4, -0.2) is 12.1 Å². The second-order valence-electron chi connectivity index (χ2n) is 8.60.